The predicted octanol–water partition coefficient (Wildman–Crippen LogP) is 0.122. The highest BCUT2D eigenvalue weighted by Gasteiger charge is 2.22. The fraction of sp³-hybridized carbons (Fsp3) is 0.909. The van der Waals surface area contributed by atoms with Crippen LogP contribution in [0.4, 0.5) is 4.79 Å². The van der Waals surface area contributed by atoms with Crippen LogP contribution in [0.25, 0.3) is 0 Å². The Labute approximate surface area is 96.7 Å². The Balaban J connectivity index is 1.77. The summed E-state index contributed by atoms with van der Waals surface area (Å²) in [6, 6.07) is 0.387. The Morgan fingerprint density at radius 3 is 2.75 bits per heavy atom. The topological polar surface area (TPSA) is 44.8 Å². The van der Waals surface area contributed by atoms with Crippen molar-refractivity contribution in [3.63, 3.8) is 0 Å². The van der Waals surface area contributed by atoms with E-state index in [1.807, 2.05) is 4.90 Å². The van der Waals surface area contributed by atoms with Gasteiger partial charge < -0.3 is 19.9 Å². The first kappa shape index (κ1) is 11.7. The Bertz CT molecular complexity index is 241. The first-order chi connectivity index (χ1) is 7.75. The Hall–Kier alpha value is -0.810. The molecule has 0 aliphatic carbocycles. The number of piperidine rings is 1. The average Bonchev–Trinajstić information content (AvgIpc) is 2.30. The van der Waals surface area contributed by atoms with Crippen LogP contribution in [0.15, 0.2) is 0 Å². The third-order valence-electron chi connectivity index (χ3n) is 3.25. The van der Waals surface area contributed by atoms with Crippen molar-refractivity contribution in [3.05, 3.63) is 0 Å². The maximum Gasteiger partial charge on any atom is 0.317 e. The van der Waals surface area contributed by atoms with Gasteiger partial charge in [-0.05, 0) is 26.4 Å². The summed E-state index contributed by atoms with van der Waals surface area (Å²) in [4.78, 5) is 16.0. The summed E-state index contributed by atoms with van der Waals surface area (Å²) in [5.41, 5.74) is 0. The highest BCUT2D eigenvalue weighted by molar-refractivity contribution is 5.74. The SMILES string of the molecule is CN1CCCC(NC(=O)N2CCOCC2)C1. The molecule has 0 aromatic rings. The number of likely N-dealkylation sites (tertiary alicyclic amines) is 1. The van der Waals surface area contributed by atoms with Crippen LogP contribution in [-0.2, 0) is 4.74 Å². The van der Waals surface area contributed by atoms with Gasteiger partial charge in [-0.3, -0.25) is 0 Å². The summed E-state index contributed by atoms with van der Waals surface area (Å²) in [5, 5.41) is 3.11. The van der Waals surface area contributed by atoms with E-state index in [2.05, 4.69) is 17.3 Å². The molecule has 1 N–H and O–H groups in total. The lowest BCUT2D eigenvalue weighted by Gasteiger charge is -2.33. The van der Waals surface area contributed by atoms with Gasteiger partial charge >= 0.3 is 6.03 Å². The number of rotatable bonds is 1. The molecule has 1 unspecified atom stereocenters. The second-order valence-corrected chi connectivity index (χ2v) is 4.65. The molecule has 2 aliphatic rings. The third-order valence-corrected chi connectivity index (χ3v) is 3.25. The lowest BCUT2D eigenvalue weighted by atomic mass is 10.1. The van der Waals surface area contributed by atoms with Crippen LogP contribution in [0.5, 0.6) is 0 Å². The molecule has 2 aliphatic heterocycles. The van der Waals surface area contributed by atoms with Crippen molar-refractivity contribution >= 4 is 6.03 Å². The molecule has 1 atom stereocenters. The first-order valence-corrected chi connectivity index (χ1v) is 6.07. The molecular formula is C11H21N3O2. The number of urea groups is 1. The van der Waals surface area contributed by atoms with Gasteiger partial charge in [-0.25, -0.2) is 4.79 Å². The summed E-state index contributed by atoms with van der Waals surface area (Å²) < 4.78 is 5.23. The van der Waals surface area contributed by atoms with Crippen LogP contribution in [-0.4, -0.2) is 68.3 Å². The minimum atomic E-state index is 0.0728. The van der Waals surface area contributed by atoms with Crippen LogP contribution in [0.1, 0.15) is 12.8 Å². The molecule has 0 spiro atoms. The van der Waals surface area contributed by atoms with Crippen molar-refractivity contribution in [3.8, 4) is 0 Å². The van der Waals surface area contributed by atoms with Gasteiger partial charge in [-0.1, -0.05) is 0 Å². The molecule has 2 fully saturated rings. The van der Waals surface area contributed by atoms with Gasteiger partial charge in [0.2, 0.25) is 0 Å². The minimum Gasteiger partial charge on any atom is -0.378 e. The van der Waals surface area contributed by atoms with Crippen molar-refractivity contribution in [1.82, 2.24) is 15.1 Å². The number of hydrogen-bond donors (Lipinski definition) is 1. The standard InChI is InChI=1S/C11H21N3O2/c1-13-4-2-3-10(9-13)12-11(15)14-5-7-16-8-6-14/h10H,2-9H2,1H3,(H,12,15). The van der Waals surface area contributed by atoms with E-state index in [-0.39, 0.29) is 6.03 Å². The van der Waals surface area contributed by atoms with E-state index in [1.54, 1.807) is 0 Å². The molecule has 92 valence electrons. The lowest BCUT2D eigenvalue weighted by Crippen LogP contribution is -2.53. The van der Waals surface area contributed by atoms with E-state index in [1.165, 1.54) is 6.42 Å². The number of carbonyl (C=O) groups excluding carboxylic acids is 1. The molecule has 0 saturated carbocycles. The summed E-state index contributed by atoms with van der Waals surface area (Å²) >= 11 is 0. The Morgan fingerprint density at radius 2 is 2.06 bits per heavy atom. The normalized spacial score (nSPS) is 27.8. The van der Waals surface area contributed by atoms with Gasteiger partial charge in [-0.2, -0.15) is 0 Å². The van der Waals surface area contributed by atoms with Crippen molar-refractivity contribution in [2.75, 3.05) is 46.4 Å². The molecule has 0 radical (unpaired) electrons. The molecule has 2 saturated heterocycles. The van der Waals surface area contributed by atoms with E-state index in [4.69, 9.17) is 4.74 Å². The van der Waals surface area contributed by atoms with Gasteiger partial charge in [0.15, 0.2) is 0 Å². The predicted molar refractivity (Wildman–Crippen MR) is 61.4 cm³/mol. The smallest absolute Gasteiger partial charge is 0.317 e. The third kappa shape index (κ3) is 3.09. The number of amides is 2. The summed E-state index contributed by atoms with van der Waals surface area (Å²) in [5.74, 6) is 0. The van der Waals surface area contributed by atoms with Gasteiger partial charge in [-0.15, -0.1) is 0 Å². The van der Waals surface area contributed by atoms with Crippen LogP contribution in [0.3, 0.4) is 0 Å². The van der Waals surface area contributed by atoms with E-state index in [0.29, 0.717) is 32.3 Å². The van der Waals surface area contributed by atoms with Crippen LogP contribution < -0.4 is 5.32 Å². The maximum atomic E-state index is 11.9. The van der Waals surface area contributed by atoms with E-state index < -0.39 is 0 Å². The summed E-state index contributed by atoms with van der Waals surface area (Å²) in [7, 11) is 2.10. The molecule has 5 nitrogen and oxygen atoms in total. The van der Waals surface area contributed by atoms with Gasteiger partial charge in [0, 0.05) is 25.7 Å². The number of nitrogens with one attached hydrogen (secondary N) is 1. The number of hydrogen-bond acceptors (Lipinski definition) is 3. The van der Waals surface area contributed by atoms with Crippen molar-refractivity contribution in [2.45, 2.75) is 18.9 Å². The second kappa shape index (κ2) is 5.50. The zero-order valence-corrected chi connectivity index (χ0v) is 9.95. The van der Waals surface area contributed by atoms with Gasteiger partial charge in [0.25, 0.3) is 0 Å². The zero-order chi connectivity index (χ0) is 11.4. The zero-order valence-electron chi connectivity index (χ0n) is 9.95. The largest absolute Gasteiger partial charge is 0.378 e. The van der Waals surface area contributed by atoms with Crippen LogP contribution in [0.2, 0.25) is 0 Å². The molecule has 0 aromatic heterocycles. The fourth-order valence-electron chi connectivity index (χ4n) is 2.32. The first-order valence-electron chi connectivity index (χ1n) is 6.07. The van der Waals surface area contributed by atoms with Crippen molar-refractivity contribution in [1.29, 1.82) is 0 Å². The molecule has 0 bridgehead atoms. The van der Waals surface area contributed by atoms with Gasteiger partial charge in [0.05, 0.1) is 13.2 Å². The fourth-order valence-corrected chi connectivity index (χ4v) is 2.32. The lowest BCUT2D eigenvalue weighted by molar-refractivity contribution is 0.0516. The molecule has 16 heavy (non-hydrogen) atoms. The molecule has 0 aromatic carbocycles. The minimum absolute atomic E-state index is 0.0728. The van der Waals surface area contributed by atoms with Crippen LogP contribution >= 0.6 is 0 Å². The monoisotopic (exact) mass is 227 g/mol. The Kier molecular flexibility index (Phi) is 4.01. The molecule has 2 amide bonds. The van der Waals surface area contributed by atoms with E-state index >= 15 is 0 Å². The molecule has 2 heterocycles. The summed E-state index contributed by atoms with van der Waals surface area (Å²) in [6.45, 7) is 4.87. The van der Waals surface area contributed by atoms with E-state index in [0.717, 1.165) is 19.5 Å². The number of likely N-dealkylation sites (N-methyl/N-ethyl adjacent to an activating group) is 1. The number of nitrogens with zero attached hydrogens (tertiary/aromatic N) is 2. The highest BCUT2D eigenvalue weighted by atomic mass is 16.5. The van der Waals surface area contributed by atoms with Crippen molar-refractivity contribution < 1.29 is 9.53 Å². The number of ether oxygens (including phenoxy) is 1. The average molecular weight is 227 g/mol. The quantitative estimate of drug-likeness (QED) is 0.692. The molecular weight excluding hydrogens is 206 g/mol. The van der Waals surface area contributed by atoms with Crippen molar-refractivity contribution in [2.24, 2.45) is 0 Å². The van der Waals surface area contributed by atoms with E-state index in [9.17, 15) is 4.79 Å². The maximum absolute atomic E-state index is 11.9. The van der Waals surface area contributed by atoms with Crippen LogP contribution in [0, 0.1) is 0 Å². The molecule has 2 rings (SSSR count). The van der Waals surface area contributed by atoms with Gasteiger partial charge in [0.1, 0.15) is 0 Å². The molecule has 5 heteroatoms. The number of carbonyl (C=O) groups is 1. The summed E-state index contributed by atoms with van der Waals surface area (Å²) in [6.07, 6.45) is 2.27. The second-order valence-electron chi connectivity index (χ2n) is 4.65. The number of morpholine rings is 1. The highest BCUT2D eigenvalue weighted by Crippen LogP contribution is 2.08. The Morgan fingerprint density at radius 1 is 1.31 bits per heavy atom.